The number of nitrogens with one attached hydrogen (secondary N) is 1. The summed E-state index contributed by atoms with van der Waals surface area (Å²) in [5, 5.41) is 3.88. The summed E-state index contributed by atoms with van der Waals surface area (Å²) in [7, 11) is 0. The molecule has 1 N–H and O–H groups in total. The Hall–Kier alpha value is -1.30. The first-order chi connectivity index (χ1) is 9.08. The number of hydrogen-bond acceptors (Lipinski definition) is 5. The van der Waals surface area contributed by atoms with Gasteiger partial charge in [0.05, 0.1) is 16.7 Å². The van der Waals surface area contributed by atoms with E-state index < -0.39 is 0 Å². The number of benzene rings is 1. The molecule has 0 fully saturated rings. The Kier molecular flexibility index (Phi) is 4.63. The molecule has 0 radical (unpaired) electrons. The fraction of sp³-hybridized carbons (Fsp3) is 0.182. The Balaban J connectivity index is 2.24. The van der Waals surface area contributed by atoms with Crippen LogP contribution in [0.3, 0.4) is 0 Å². The predicted octanol–water partition coefficient (Wildman–Crippen LogP) is 3.97. The molecular weight excluding hydrogens is 311 g/mol. The molecule has 0 atom stereocenters. The van der Waals surface area contributed by atoms with Crippen molar-refractivity contribution in [3.63, 3.8) is 0 Å². The van der Waals surface area contributed by atoms with Gasteiger partial charge in [0, 0.05) is 5.69 Å². The maximum Gasteiger partial charge on any atom is 0.322 e. The highest BCUT2D eigenvalue weighted by Crippen LogP contribution is 2.26. The molecule has 1 heterocycles. The predicted molar refractivity (Wildman–Crippen MR) is 75.8 cm³/mol. The minimum Gasteiger partial charge on any atom is -0.464 e. The molecule has 0 saturated carbocycles. The van der Waals surface area contributed by atoms with E-state index in [0.717, 1.165) is 0 Å². The molecule has 100 valence electrons. The van der Waals surface area contributed by atoms with Crippen molar-refractivity contribution in [1.29, 1.82) is 0 Å². The molecule has 19 heavy (non-hydrogen) atoms. The van der Waals surface area contributed by atoms with Gasteiger partial charge in [-0.2, -0.15) is 15.0 Å². The van der Waals surface area contributed by atoms with E-state index in [1.807, 2.05) is 6.92 Å². The summed E-state index contributed by atoms with van der Waals surface area (Å²) in [6.07, 6.45) is 0. The lowest BCUT2D eigenvalue weighted by atomic mass is 10.3. The molecule has 2 rings (SSSR count). The fourth-order valence-corrected chi connectivity index (χ4v) is 1.73. The van der Waals surface area contributed by atoms with Crippen LogP contribution in [0.1, 0.15) is 6.92 Å². The van der Waals surface area contributed by atoms with Crippen molar-refractivity contribution in [2.24, 2.45) is 0 Å². The number of halogens is 3. The van der Waals surface area contributed by atoms with Crippen LogP contribution in [0.4, 0.5) is 11.6 Å². The van der Waals surface area contributed by atoms with E-state index in [-0.39, 0.29) is 17.2 Å². The Morgan fingerprint density at radius 3 is 2.58 bits per heavy atom. The molecular formula is C11H9Cl3N4O. The Labute approximate surface area is 124 Å². The van der Waals surface area contributed by atoms with Gasteiger partial charge in [0.2, 0.25) is 11.2 Å². The highest BCUT2D eigenvalue weighted by atomic mass is 35.5. The third-order valence-electron chi connectivity index (χ3n) is 2.04. The fourth-order valence-electron chi connectivity index (χ4n) is 1.28. The SMILES string of the molecule is CCOc1nc(Cl)nc(Nc2ccc(Cl)c(Cl)c2)n1. The van der Waals surface area contributed by atoms with E-state index in [9.17, 15) is 0 Å². The first-order valence-electron chi connectivity index (χ1n) is 5.35. The largest absolute Gasteiger partial charge is 0.464 e. The second-order valence-corrected chi connectivity index (χ2v) is 4.55. The minimum absolute atomic E-state index is 0.0426. The molecule has 0 spiro atoms. The van der Waals surface area contributed by atoms with Gasteiger partial charge in [-0.05, 0) is 36.7 Å². The van der Waals surface area contributed by atoms with Crippen molar-refractivity contribution in [2.75, 3.05) is 11.9 Å². The van der Waals surface area contributed by atoms with Gasteiger partial charge in [0.25, 0.3) is 0 Å². The van der Waals surface area contributed by atoms with Crippen LogP contribution in [0, 0.1) is 0 Å². The molecule has 1 aromatic carbocycles. The highest BCUT2D eigenvalue weighted by molar-refractivity contribution is 6.42. The van der Waals surface area contributed by atoms with E-state index in [1.165, 1.54) is 0 Å². The third kappa shape index (κ3) is 3.83. The van der Waals surface area contributed by atoms with Crippen molar-refractivity contribution < 1.29 is 4.74 Å². The van der Waals surface area contributed by atoms with Gasteiger partial charge in [-0.25, -0.2) is 0 Å². The van der Waals surface area contributed by atoms with Crippen LogP contribution in [0.2, 0.25) is 15.3 Å². The summed E-state index contributed by atoms with van der Waals surface area (Å²) < 4.78 is 5.17. The van der Waals surface area contributed by atoms with Crippen LogP contribution in [0.25, 0.3) is 0 Å². The summed E-state index contributed by atoms with van der Waals surface area (Å²) in [6, 6.07) is 5.22. The molecule has 0 bridgehead atoms. The number of ether oxygens (including phenoxy) is 1. The third-order valence-corrected chi connectivity index (χ3v) is 2.94. The molecule has 0 unspecified atom stereocenters. The zero-order valence-electron chi connectivity index (χ0n) is 9.82. The van der Waals surface area contributed by atoms with Gasteiger partial charge in [-0.3, -0.25) is 0 Å². The van der Waals surface area contributed by atoms with E-state index in [0.29, 0.717) is 22.3 Å². The first kappa shape index (κ1) is 14.1. The molecule has 8 heteroatoms. The first-order valence-corrected chi connectivity index (χ1v) is 6.48. The molecule has 0 aliphatic carbocycles. The summed E-state index contributed by atoms with van der Waals surface area (Å²) >= 11 is 17.5. The summed E-state index contributed by atoms with van der Waals surface area (Å²) in [5.74, 6) is 0.266. The summed E-state index contributed by atoms with van der Waals surface area (Å²) in [6.45, 7) is 2.26. The summed E-state index contributed by atoms with van der Waals surface area (Å²) in [5.41, 5.74) is 0.680. The number of aromatic nitrogens is 3. The van der Waals surface area contributed by atoms with Crippen molar-refractivity contribution in [2.45, 2.75) is 6.92 Å². The van der Waals surface area contributed by atoms with Crippen LogP contribution in [0.5, 0.6) is 6.01 Å². The normalized spacial score (nSPS) is 10.3. The van der Waals surface area contributed by atoms with Gasteiger partial charge in [-0.1, -0.05) is 23.2 Å². The van der Waals surface area contributed by atoms with E-state index in [1.54, 1.807) is 18.2 Å². The Morgan fingerprint density at radius 2 is 1.89 bits per heavy atom. The van der Waals surface area contributed by atoms with Gasteiger partial charge >= 0.3 is 6.01 Å². The Bertz CT molecular complexity index is 594. The van der Waals surface area contributed by atoms with Crippen LogP contribution in [0.15, 0.2) is 18.2 Å². The van der Waals surface area contributed by atoms with Crippen molar-refractivity contribution >= 4 is 46.4 Å². The Morgan fingerprint density at radius 1 is 1.11 bits per heavy atom. The lowest BCUT2D eigenvalue weighted by Crippen LogP contribution is -2.03. The zero-order chi connectivity index (χ0) is 13.8. The molecule has 1 aromatic heterocycles. The van der Waals surface area contributed by atoms with E-state index >= 15 is 0 Å². The summed E-state index contributed by atoms with van der Waals surface area (Å²) in [4.78, 5) is 11.8. The van der Waals surface area contributed by atoms with Gasteiger partial charge in [-0.15, -0.1) is 0 Å². The zero-order valence-corrected chi connectivity index (χ0v) is 12.1. The van der Waals surface area contributed by atoms with Crippen LogP contribution >= 0.6 is 34.8 Å². The number of nitrogens with zero attached hydrogens (tertiary/aromatic N) is 3. The molecule has 0 saturated heterocycles. The van der Waals surface area contributed by atoms with Gasteiger partial charge in [0.15, 0.2) is 0 Å². The standard InChI is InChI=1S/C11H9Cl3N4O/c1-2-19-11-17-9(14)16-10(18-11)15-6-3-4-7(12)8(13)5-6/h3-5H,2H2,1H3,(H,15,16,17,18). The molecule has 2 aromatic rings. The lowest BCUT2D eigenvalue weighted by molar-refractivity contribution is 0.312. The van der Waals surface area contributed by atoms with Crippen molar-refractivity contribution in [1.82, 2.24) is 15.0 Å². The highest BCUT2D eigenvalue weighted by Gasteiger charge is 2.07. The number of hydrogen-bond donors (Lipinski definition) is 1. The second-order valence-electron chi connectivity index (χ2n) is 3.40. The topological polar surface area (TPSA) is 59.9 Å². The van der Waals surface area contributed by atoms with E-state index in [4.69, 9.17) is 39.5 Å². The molecule has 0 amide bonds. The smallest absolute Gasteiger partial charge is 0.322 e. The second kappa shape index (κ2) is 6.23. The van der Waals surface area contributed by atoms with E-state index in [2.05, 4.69) is 20.3 Å². The van der Waals surface area contributed by atoms with Crippen LogP contribution in [-0.2, 0) is 0 Å². The average molecular weight is 320 g/mol. The van der Waals surface area contributed by atoms with Gasteiger partial charge < -0.3 is 10.1 Å². The quantitative estimate of drug-likeness (QED) is 0.924. The monoisotopic (exact) mass is 318 g/mol. The molecule has 0 aliphatic heterocycles. The number of rotatable bonds is 4. The average Bonchev–Trinajstić information content (AvgIpc) is 2.33. The number of anilines is 2. The van der Waals surface area contributed by atoms with Crippen molar-refractivity contribution in [3.05, 3.63) is 33.5 Å². The van der Waals surface area contributed by atoms with Crippen LogP contribution in [-0.4, -0.2) is 21.6 Å². The van der Waals surface area contributed by atoms with Crippen molar-refractivity contribution in [3.8, 4) is 6.01 Å². The lowest BCUT2D eigenvalue weighted by Gasteiger charge is -2.07. The van der Waals surface area contributed by atoms with Gasteiger partial charge in [0.1, 0.15) is 0 Å². The maximum atomic E-state index is 5.92. The maximum absolute atomic E-state index is 5.92. The minimum atomic E-state index is 0.0426. The molecule has 5 nitrogen and oxygen atoms in total. The van der Waals surface area contributed by atoms with Crippen LogP contribution < -0.4 is 10.1 Å². The molecule has 0 aliphatic rings.